The Balaban J connectivity index is 3.73. The second-order valence-electron chi connectivity index (χ2n) is 4.28. The molecule has 1 rings (SSSR count). The van der Waals surface area contributed by atoms with E-state index in [4.69, 9.17) is 4.74 Å². The molecule has 1 aromatic carbocycles. The second kappa shape index (κ2) is 5.08. The maximum Gasteiger partial charge on any atom is 0.172 e. The zero-order chi connectivity index (χ0) is 14.0. The van der Waals surface area contributed by atoms with Crippen LogP contribution in [-0.4, -0.2) is 29.4 Å². The van der Waals surface area contributed by atoms with Crippen LogP contribution < -0.4 is 4.74 Å². The molecule has 0 radical (unpaired) electrons. The number of phenolic OH excluding ortho intramolecular Hbond substituents is 2. The fourth-order valence-electron chi connectivity index (χ4n) is 1.74. The van der Waals surface area contributed by atoms with Crippen molar-refractivity contribution in [3.05, 3.63) is 16.7 Å². The van der Waals surface area contributed by atoms with Crippen molar-refractivity contribution in [2.75, 3.05) is 7.11 Å². The summed E-state index contributed by atoms with van der Waals surface area (Å²) in [6.45, 7) is 4.85. The molecule has 0 bridgehead atoms. The number of rotatable bonds is 4. The van der Waals surface area contributed by atoms with Gasteiger partial charge in [0, 0.05) is 11.5 Å². The average Bonchev–Trinajstić information content (AvgIpc) is 2.33. The quantitative estimate of drug-likeness (QED) is 0.633. The predicted octanol–water partition coefficient (Wildman–Crippen LogP) is 2.07. The van der Waals surface area contributed by atoms with Crippen molar-refractivity contribution in [1.82, 2.24) is 0 Å². The van der Waals surface area contributed by atoms with E-state index in [0.717, 1.165) is 0 Å². The molecule has 0 heterocycles. The first-order valence-corrected chi connectivity index (χ1v) is 5.48. The summed E-state index contributed by atoms with van der Waals surface area (Å²) in [5.41, 5.74) is -0.108. The van der Waals surface area contributed by atoms with Crippen LogP contribution in [0.25, 0.3) is 0 Å². The van der Waals surface area contributed by atoms with Crippen LogP contribution in [0.4, 0.5) is 0 Å². The van der Waals surface area contributed by atoms with Gasteiger partial charge in [-0.3, -0.25) is 9.59 Å². The van der Waals surface area contributed by atoms with Crippen LogP contribution in [0.3, 0.4) is 0 Å². The van der Waals surface area contributed by atoms with E-state index in [1.807, 2.05) is 0 Å². The number of ketones is 1. The molecule has 1 aromatic rings. The number of aldehydes is 1. The molecule has 0 aliphatic heterocycles. The first-order valence-electron chi connectivity index (χ1n) is 5.48. The average molecular weight is 252 g/mol. The summed E-state index contributed by atoms with van der Waals surface area (Å²) >= 11 is 0. The summed E-state index contributed by atoms with van der Waals surface area (Å²) in [6.07, 6.45) is 0.314. The number of aromatic hydroxyl groups is 2. The largest absolute Gasteiger partial charge is 0.507 e. The van der Waals surface area contributed by atoms with Gasteiger partial charge in [-0.15, -0.1) is 0 Å². The summed E-state index contributed by atoms with van der Waals surface area (Å²) < 4.78 is 5.05. The summed E-state index contributed by atoms with van der Waals surface area (Å²) in [4.78, 5) is 22.9. The van der Waals surface area contributed by atoms with E-state index in [1.54, 1.807) is 13.8 Å². The molecule has 2 N–H and O–H groups in total. The second-order valence-corrected chi connectivity index (χ2v) is 4.28. The Bertz CT molecular complexity index is 503. The van der Waals surface area contributed by atoms with Gasteiger partial charge in [0.15, 0.2) is 12.1 Å². The zero-order valence-corrected chi connectivity index (χ0v) is 10.8. The molecule has 0 saturated heterocycles. The molecule has 0 aliphatic carbocycles. The fraction of sp³-hybridized carbons (Fsp3) is 0.385. The predicted molar refractivity (Wildman–Crippen MR) is 65.6 cm³/mol. The SMILES string of the molecule is COc1c(C)c(O)c(C=O)c(O)c1C(=O)C(C)C. The number of methoxy groups -OCH3 is 1. The topological polar surface area (TPSA) is 83.8 Å². The number of carbonyl (C=O) groups excluding carboxylic acids is 2. The van der Waals surface area contributed by atoms with Crippen LogP contribution in [-0.2, 0) is 0 Å². The number of hydrogen-bond donors (Lipinski definition) is 2. The van der Waals surface area contributed by atoms with Crippen LogP contribution in [0, 0.1) is 12.8 Å². The van der Waals surface area contributed by atoms with Crippen molar-refractivity contribution in [2.45, 2.75) is 20.8 Å². The van der Waals surface area contributed by atoms with Crippen LogP contribution in [0.2, 0.25) is 0 Å². The van der Waals surface area contributed by atoms with Gasteiger partial charge in [-0.05, 0) is 6.92 Å². The lowest BCUT2D eigenvalue weighted by Gasteiger charge is -2.17. The van der Waals surface area contributed by atoms with E-state index < -0.39 is 5.75 Å². The lowest BCUT2D eigenvalue weighted by atomic mass is 9.94. The van der Waals surface area contributed by atoms with E-state index in [-0.39, 0.29) is 39.9 Å². The highest BCUT2D eigenvalue weighted by Crippen LogP contribution is 2.42. The molecule has 0 spiro atoms. The Morgan fingerprint density at radius 2 is 1.83 bits per heavy atom. The molecule has 0 unspecified atom stereocenters. The smallest absolute Gasteiger partial charge is 0.172 e. The Labute approximate surface area is 105 Å². The Hall–Kier alpha value is -2.04. The monoisotopic (exact) mass is 252 g/mol. The van der Waals surface area contributed by atoms with Crippen molar-refractivity contribution < 1.29 is 24.5 Å². The lowest BCUT2D eigenvalue weighted by Crippen LogP contribution is -2.11. The third kappa shape index (κ3) is 2.03. The summed E-state index contributed by atoms with van der Waals surface area (Å²) in [7, 11) is 1.33. The number of benzene rings is 1. The van der Waals surface area contributed by atoms with Crippen LogP contribution in [0.5, 0.6) is 17.2 Å². The van der Waals surface area contributed by atoms with Gasteiger partial charge < -0.3 is 14.9 Å². The lowest BCUT2D eigenvalue weighted by molar-refractivity contribution is 0.0933. The van der Waals surface area contributed by atoms with Gasteiger partial charge in [-0.25, -0.2) is 0 Å². The fourth-order valence-corrected chi connectivity index (χ4v) is 1.74. The molecular weight excluding hydrogens is 236 g/mol. The molecule has 0 atom stereocenters. The number of Topliss-reactive ketones (excluding diaryl/α,β-unsaturated/α-hetero) is 1. The molecule has 0 fully saturated rings. The molecule has 0 aromatic heterocycles. The molecule has 0 saturated carbocycles. The van der Waals surface area contributed by atoms with Crippen LogP contribution >= 0.6 is 0 Å². The van der Waals surface area contributed by atoms with Crippen molar-refractivity contribution in [3.8, 4) is 17.2 Å². The highest BCUT2D eigenvalue weighted by molar-refractivity contribution is 6.06. The normalized spacial score (nSPS) is 10.5. The summed E-state index contributed by atoms with van der Waals surface area (Å²) in [6, 6.07) is 0. The Kier molecular flexibility index (Phi) is 3.96. The third-order valence-electron chi connectivity index (χ3n) is 2.76. The summed E-state index contributed by atoms with van der Waals surface area (Å²) in [5.74, 6) is -1.54. The molecule has 5 nitrogen and oxygen atoms in total. The minimum absolute atomic E-state index is 0.0649. The number of ether oxygens (including phenoxy) is 1. The Morgan fingerprint density at radius 1 is 1.28 bits per heavy atom. The summed E-state index contributed by atoms with van der Waals surface area (Å²) in [5, 5.41) is 19.7. The molecule has 0 amide bonds. The van der Waals surface area contributed by atoms with E-state index in [2.05, 4.69) is 0 Å². The van der Waals surface area contributed by atoms with Gasteiger partial charge in [-0.1, -0.05) is 13.8 Å². The molecule has 5 heteroatoms. The van der Waals surface area contributed by atoms with Gasteiger partial charge in [0.1, 0.15) is 22.8 Å². The van der Waals surface area contributed by atoms with Crippen LogP contribution in [0.1, 0.15) is 40.1 Å². The molecule has 98 valence electrons. The zero-order valence-electron chi connectivity index (χ0n) is 10.8. The molecule has 18 heavy (non-hydrogen) atoms. The first kappa shape index (κ1) is 14.0. The first-order chi connectivity index (χ1) is 8.36. The molecular formula is C13H16O5. The van der Waals surface area contributed by atoms with E-state index >= 15 is 0 Å². The highest BCUT2D eigenvalue weighted by atomic mass is 16.5. The highest BCUT2D eigenvalue weighted by Gasteiger charge is 2.27. The molecule has 0 aliphatic rings. The number of hydrogen-bond acceptors (Lipinski definition) is 5. The van der Waals surface area contributed by atoms with Gasteiger partial charge >= 0.3 is 0 Å². The minimum Gasteiger partial charge on any atom is -0.507 e. The van der Waals surface area contributed by atoms with Crippen molar-refractivity contribution in [2.24, 2.45) is 5.92 Å². The van der Waals surface area contributed by atoms with E-state index in [9.17, 15) is 19.8 Å². The minimum atomic E-state index is -0.538. The standard InChI is InChI=1S/C13H16O5/c1-6(2)10(15)9-12(17)8(5-14)11(16)7(3)13(9)18-4/h5-6,16-17H,1-4H3. The number of phenols is 2. The third-order valence-corrected chi connectivity index (χ3v) is 2.76. The maximum absolute atomic E-state index is 12.0. The van der Waals surface area contributed by atoms with Gasteiger partial charge in [-0.2, -0.15) is 0 Å². The maximum atomic E-state index is 12.0. The van der Waals surface area contributed by atoms with E-state index in [0.29, 0.717) is 6.29 Å². The van der Waals surface area contributed by atoms with Crippen molar-refractivity contribution in [3.63, 3.8) is 0 Å². The van der Waals surface area contributed by atoms with Gasteiger partial charge in [0.25, 0.3) is 0 Å². The van der Waals surface area contributed by atoms with Gasteiger partial charge in [0.05, 0.1) is 12.7 Å². The van der Waals surface area contributed by atoms with E-state index in [1.165, 1.54) is 14.0 Å². The Morgan fingerprint density at radius 3 is 2.22 bits per heavy atom. The number of carbonyl (C=O) groups is 2. The van der Waals surface area contributed by atoms with Gasteiger partial charge in [0.2, 0.25) is 0 Å². The van der Waals surface area contributed by atoms with Crippen molar-refractivity contribution in [1.29, 1.82) is 0 Å². The van der Waals surface area contributed by atoms with Crippen LogP contribution in [0.15, 0.2) is 0 Å². The van der Waals surface area contributed by atoms with Crippen molar-refractivity contribution >= 4 is 12.1 Å².